The van der Waals surface area contributed by atoms with E-state index in [0.29, 0.717) is 22.5 Å². The molecule has 0 amide bonds. The minimum atomic E-state index is -2.73. The Hall–Kier alpha value is -3.02. The van der Waals surface area contributed by atoms with E-state index in [1.807, 2.05) is 43.3 Å². The van der Waals surface area contributed by atoms with Crippen LogP contribution in [0.4, 0.5) is 14.6 Å². The first-order valence-corrected chi connectivity index (χ1v) is 7.91. The van der Waals surface area contributed by atoms with E-state index in [0.717, 1.165) is 11.0 Å². The van der Waals surface area contributed by atoms with Crippen LogP contribution in [0.25, 0.3) is 21.9 Å². The fourth-order valence-corrected chi connectivity index (χ4v) is 2.79. The van der Waals surface area contributed by atoms with E-state index in [4.69, 9.17) is 4.42 Å². The Morgan fingerprint density at radius 1 is 1.00 bits per heavy atom. The number of furan rings is 1. The highest BCUT2D eigenvalue weighted by Crippen LogP contribution is 2.29. The number of aromatic nitrogens is 2. The molecule has 25 heavy (non-hydrogen) atoms. The average Bonchev–Trinajstić information content (AvgIpc) is 3.06. The Kier molecular flexibility index (Phi) is 3.80. The number of hydrogen-bond acceptors (Lipinski definition) is 4. The molecule has 2 heterocycles. The Balaban J connectivity index is 1.73. The van der Waals surface area contributed by atoms with Gasteiger partial charge in [0.1, 0.15) is 17.2 Å². The Bertz CT molecular complexity index is 1010. The number of nitrogens with zero attached hydrogens (tertiary/aromatic N) is 2. The van der Waals surface area contributed by atoms with Crippen molar-refractivity contribution in [3.63, 3.8) is 0 Å². The molecule has 0 saturated heterocycles. The highest BCUT2D eigenvalue weighted by atomic mass is 19.3. The van der Waals surface area contributed by atoms with Crippen molar-refractivity contribution in [2.45, 2.75) is 19.4 Å². The smallest absolute Gasteiger partial charge is 0.297 e. The van der Waals surface area contributed by atoms with Crippen molar-refractivity contribution in [1.82, 2.24) is 9.97 Å². The summed E-state index contributed by atoms with van der Waals surface area (Å²) in [4.78, 5) is 7.93. The number of anilines is 1. The number of hydrogen-bond donors (Lipinski definition) is 1. The molecule has 1 N–H and O–H groups in total. The molecule has 0 radical (unpaired) electrons. The number of fused-ring (bicyclic) bond motifs is 2. The lowest BCUT2D eigenvalue weighted by Gasteiger charge is -2.15. The van der Waals surface area contributed by atoms with Gasteiger partial charge in [0.25, 0.3) is 6.43 Å². The van der Waals surface area contributed by atoms with Gasteiger partial charge in [-0.25, -0.2) is 18.7 Å². The van der Waals surface area contributed by atoms with Gasteiger partial charge in [-0.1, -0.05) is 30.3 Å². The van der Waals surface area contributed by atoms with Gasteiger partial charge in [-0.15, -0.1) is 0 Å². The minimum absolute atomic E-state index is 0.240. The standard InChI is InChI=1S/C19H15F2N3O/c1-11(16-10-12-6-2-5-9-15(12)25-16)22-18-13-7-3-4-8-14(13)23-19(24-18)17(20)21/h2-11,17H,1H3,(H,22,23,24). The van der Waals surface area contributed by atoms with Gasteiger partial charge >= 0.3 is 0 Å². The molecule has 2 aromatic heterocycles. The average molecular weight is 339 g/mol. The van der Waals surface area contributed by atoms with Crippen LogP contribution < -0.4 is 5.32 Å². The third-order valence-electron chi connectivity index (χ3n) is 4.04. The lowest BCUT2D eigenvalue weighted by molar-refractivity contribution is 0.141. The Morgan fingerprint density at radius 2 is 1.76 bits per heavy atom. The molecule has 6 heteroatoms. The van der Waals surface area contributed by atoms with Gasteiger partial charge < -0.3 is 9.73 Å². The summed E-state index contributed by atoms with van der Waals surface area (Å²) < 4.78 is 32.0. The zero-order chi connectivity index (χ0) is 17.4. The van der Waals surface area contributed by atoms with E-state index in [-0.39, 0.29) is 6.04 Å². The zero-order valence-corrected chi connectivity index (χ0v) is 13.4. The van der Waals surface area contributed by atoms with Gasteiger partial charge in [0.2, 0.25) is 0 Å². The topological polar surface area (TPSA) is 51.0 Å². The van der Waals surface area contributed by atoms with Crippen molar-refractivity contribution in [3.8, 4) is 0 Å². The maximum absolute atomic E-state index is 13.1. The van der Waals surface area contributed by atoms with Crippen LogP contribution in [0.15, 0.2) is 59.0 Å². The Morgan fingerprint density at radius 3 is 2.56 bits per heavy atom. The van der Waals surface area contributed by atoms with Crippen LogP contribution in [0.1, 0.15) is 31.0 Å². The highest BCUT2D eigenvalue weighted by Gasteiger charge is 2.18. The molecular formula is C19H15F2N3O. The van der Waals surface area contributed by atoms with Crippen molar-refractivity contribution in [2.75, 3.05) is 5.32 Å². The van der Waals surface area contributed by atoms with E-state index < -0.39 is 12.2 Å². The van der Waals surface area contributed by atoms with Gasteiger partial charge in [0, 0.05) is 10.8 Å². The van der Waals surface area contributed by atoms with Crippen molar-refractivity contribution >= 4 is 27.7 Å². The summed E-state index contributed by atoms with van der Waals surface area (Å²) in [6, 6.07) is 16.5. The third kappa shape index (κ3) is 2.91. The van der Waals surface area contributed by atoms with Gasteiger partial charge in [-0.3, -0.25) is 0 Å². The number of benzene rings is 2. The third-order valence-corrected chi connectivity index (χ3v) is 4.04. The molecule has 1 atom stereocenters. The Labute approximate surface area is 142 Å². The summed E-state index contributed by atoms with van der Waals surface area (Å²) in [6.45, 7) is 1.90. The maximum atomic E-state index is 13.1. The number of nitrogens with one attached hydrogen (secondary N) is 1. The molecule has 0 bridgehead atoms. The normalized spacial score (nSPS) is 12.8. The summed E-state index contributed by atoms with van der Waals surface area (Å²) in [5.41, 5.74) is 1.26. The zero-order valence-electron chi connectivity index (χ0n) is 13.4. The maximum Gasteiger partial charge on any atom is 0.297 e. The second kappa shape index (κ2) is 6.12. The number of para-hydroxylation sites is 2. The summed E-state index contributed by atoms with van der Waals surface area (Å²) in [5.74, 6) is 0.592. The molecule has 0 saturated carbocycles. The lowest BCUT2D eigenvalue weighted by Crippen LogP contribution is -2.10. The number of rotatable bonds is 4. The second-order valence-electron chi connectivity index (χ2n) is 5.80. The first-order valence-electron chi connectivity index (χ1n) is 7.91. The van der Waals surface area contributed by atoms with Crippen molar-refractivity contribution < 1.29 is 13.2 Å². The quantitative estimate of drug-likeness (QED) is 0.534. The first kappa shape index (κ1) is 15.5. The van der Waals surface area contributed by atoms with E-state index >= 15 is 0 Å². The molecule has 4 aromatic rings. The van der Waals surface area contributed by atoms with Crippen LogP contribution in [0.2, 0.25) is 0 Å². The predicted molar refractivity (Wildman–Crippen MR) is 92.7 cm³/mol. The summed E-state index contributed by atoms with van der Waals surface area (Å²) >= 11 is 0. The van der Waals surface area contributed by atoms with E-state index in [9.17, 15) is 8.78 Å². The van der Waals surface area contributed by atoms with Gasteiger partial charge in [0.05, 0.1) is 11.6 Å². The summed E-state index contributed by atoms with van der Waals surface area (Å²) in [6.07, 6.45) is -2.73. The summed E-state index contributed by atoms with van der Waals surface area (Å²) in [7, 11) is 0. The fourth-order valence-electron chi connectivity index (χ4n) is 2.79. The van der Waals surface area contributed by atoms with Crippen LogP contribution >= 0.6 is 0 Å². The monoisotopic (exact) mass is 339 g/mol. The largest absolute Gasteiger partial charge is 0.459 e. The molecule has 0 aliphatic heterocycles. The van der Waals surface area contributed by atoms with E-state index in [2.05, 4.69) is 15.3 Å². The molecule has 0 aliphatic carbocycles. The van der Waals surface area contributed by atoms with Crippen molar-refractivity contribution in [2.24, 2.45) is 0 Å². The summed E-state index contributed by atoms with van der Waals surface area (Å²) in [5, 5.41) is 4.86. The van der Waals surface area contributed by atoms with Crippen LogP contribution in [0.5, 0.6) is 0 Å². The number of alkyl halides is 2. The van der Waals surface area contributed by atoms with Crippen LogP contribution in [-0.4, -0.2) is 9.97 Å². The van der Waals surface area contributed by atoms with Gasteiger partial charge in [-0.2, -0.15) is 0 Å². The lowest BCUT2D eigenvalue weighted by atomic mass is 10.2. The van der Waals surface area contributed by atoms with Crippen LogP contribution in [0, 0.1) is 0 Å². The highest BCUT2D eigenvalue weighted by molar-refractivity contribution is 5.89. The minimum Gasteiger partial charge on any atom is -0.459 e. The van der Waals surface area contributed by atoms with Crippen LogP contribution in [-0.2, 0) is 0 Å². The molecule has 4 rings (SSSR count). The van der Waals surface area contributed by atoms with E-state index in [1.165, 1.54) is 0 Å². The molecule has 4 nitrogen and oxygen atoms in total. The molecule has 0 aliphatic rings. The first-order chi connectivity index (χ1) is 12.1. The van der Waals surface area contributed by atoms with Gasteiger partial charge in [0.15, 0.2) is 5.82 Å². The molecule has 0 spiro atoms. The molecule has 2 aromatic carbocycles. The predicted octanol–water partition coefficient (Wildman–Crippen LogP) is 5.49. The van der Waals surface area contributed by atoms with E-state index in [1.54, 1.807) is 18.2 Å². The molecule has 126 valence electrons. The fraction of sp³-hybridized carbons (Fsp3) is 0.158. The molecular weight excluding hydrogens is 324 g/mol. The molecule has 1 unspecified atom stereocenters. The second-order valence-corrected chi connectivity index (χ2v) is 5.80. The van der Waals surface area contributed by atoms with Gasteiger partial charge in [-0.05, 0) is 31.2 Å². The molecule has 0 fully saturated rings. The number of halogens is 2. The van der Waals surface area contributed by atoms with Crippen molar-refractivity contribution in [1.29, 1.82) is 0 Å². The van der Waals surface area contributed by atoms with Crippen molar-refractivity contribution in [3.05, 3.63) is 66.2 Å². The van der Waals surface area contributed by atoms with Crippen LogP contribution in [0.3, 0.4) is 0 Å². The SMILES string of the molecule is CC(Nc1nc(C(F)F)nc2ccccc12)c1cc2ccccc2o1.